The second-order valence-electron chi connectivity index (χ2n) is 5.47. The molecule has 1 aromatic rings. The Morgan fingerprint density at radius 1 is 1.30 bits per heavy atom. The number of carbonyl (C=O) groups excluding carboxylic acids is 2. The van der Waals surface area contributed by atoms with Crippen LogP contribution in [0.5, 0.6) is 0 Å². The average molecular weight is 322 g/mol. The molecule has 2 atom stereocenters. The summed E-state index contributed by atoms with van der Waals surface area (Å²) in [6.45, 7) is 2.60. The summed E-state index contributed by atoms with van der Waals surface area (Å²) >= 11 is 0. The van der Waals surface area contributed by atoms with Gasteiger partial charge in [0.1, 0.15) is 6.29 Å². The van der Waals surface area contributed by atoms with Crippen molar-refractivity contribution in [2.75, 3.05) is 20.3 Å². The molecule has 2 rings (SSSR count). The van der Waals surface area contributed by atoms with Crippen LogP contribution < -0.4 is 0 Å². The topological polar surface area (TPSA) is 71.1 Å². The summed E-state index contributed by atoms with van der Waals surface area (Å²) < 4.78 is 22.1. The second-order valence-corrected chi connectivity index (χ2v) is 5.47. The lowest BCUT2D eigenvalue weighted by molar-refractivity contribution is -0.214. The summed E-state index contributed by atoms with van der Waals surface area (Å²) in [6, 6.07) is 8.71. The zero-order valence-electron chi connectivity index (χ0n) is 13.4. The van der Waals surface area contributed by atoms with Gasteiger partial charge in [0, 0.05) is 20.0 Å². The molecule has 6 nitrogen and oxygen atoms in total. The van der Waals surface area contributed by atoms with Crippen molar-refractivity contribution in [3.8, 4) is 0 Å². The van der Waals surface area contributed by atoms with Gasteiger partial charge in [0.05, 0.1) is 24.9 Å². The van der Waals surface area contributed by atoms with Gasteiger partial charge in [0.2, 0.25) is 5.79 Å². The molecule has 1 saturated heterocycles. The first-order valence-electron chi connectivity index (χ1n) is 7.59. The highest BCUT2D eigenvalue weighted by Crippen LogP contribution is 2.29. The number of benzene rings is 1. The van der Waals surface area contributed by atoms with Crippen molar-refractivity contribution in [2.45, 2.75) is 37.8 Å². The first-order chi connectivity index (χ1) is 11.1. The maximum absolute atomic E-state index is 12.3. The second kappa shape index (κ2) is 8.19. The molecular formula is C17H22O6. The quantitative estimate of drug-likeness (QED) is 0.538. The third kappa shape index (κ3) is 4.60. The third-order valence-electron chi connectivity index (χ3n) is 3.87. The zero-order valence-corrected chi connectivity index (χ0v) is 13.4. The molecule has 0 radical (unpaired) electrons. The Bertz CT molecular complexity index is 509. The minimum Gasteiger partial charge on any atom is -0.453 e. The molecule has 1 aliphatic heterocycles. The molecular weight excluding hydrogens is 300 g/mol. The minimum absolute atomic E-state index is 0.214. The Labute approximate surface area is 135 Å². The van der Waals surface area contributed by atoms with Crippen LogP contribution in [0, 0.1) is 0 Å². The maximum atomic E-state index is 12.3. The molecule has 0 saturated carbocycles. The van der Waals surface area contributed by atoms with Crippen LogP contribution in [0.2, 0.25) is 0 Å². The van der Waals surface area contributed by atoms with Crippen molar-refractivity contribution >= 4 is 12.3 Å². The highest BCUT2D eigenvalue weighted by Gasteiger charge is 2.43. The SMILES string of the molecule is CO[C@@H](CC=O)C[C@H](OC(=O)c1ccccc1)C1(C)OCCO1. The number of carbonyl (C=O) groups is 2. The van der Waals surface area contributed by atoms with Gasteiger partial charge in [0.15, 0.2) is 6.10 Å². The van der Waals surface area contributed by atoms with Gasteiger partial charge in [-0.3, -0.25) is 0 Å². The van der Waals surface area contributed by atoms with E-state index in [1.54, 1.807) is 31.2 Å². The molecule has 6 heteroatoms. The highest BCUT2D eigenvalue weighted by molar-refractivity contribution is 5.89. The number of aldehydes is 1. The monoisotopic (exact) mass is 322 g/mol. The summed E-state index contributed by atoms with van der Waals surface area (Å²) in [5.74, 6) is -1.50. The number of esters is 1. The van der Waals surface area contributed by atoms with E-state index in [0.717, 1.165) is 6.29 Å². The molecule has 0 aliphatic carbocycles. The van der Waals surface area contributed by atoms with Gasteiger partial charge in [-0.25, -0.2) is 4.79 Å². The van der Waals surface area contributed by atoms with Crippen LogP contribution >= 0.6 is 0 Å². The van der Waals surface area contributed by atoms with Gasteiger partial charge in [0.25, 0.3) is 0 Å². The number of rotatable bonds is 8. The summed E-state index contributed by atoms with van der Waals surface area (Å²) in [5.41, 5.74) is 0.448. The Balaban J connectivity index is 2.12. The van der Waals surface area contributed by atoms with Crippen molar-refractivity contribution < 1.29 is 28.5 Å². The minimum atomic E-state index is -1.04. The molecule has 1 aliphatic rings. The Morgan fingerprint density at radius 2 is 1.96 bits per heavy atom. The molecule has 0 N–H and O–H groups in total. The standard InChI is InChI=1S/C17H22O6/c1-17(21-10-11-22-17)15(12-14(20-2)8-9-18)23-16(19)13-6-4-3-5-7-13/h3-7,9,14-15H,8,10-12H2,1-2H3/t14-,15-/m0/s1. The molecule has 0 amide bonds. The number of hydrogen-bond donors (Lipinski definition) is 0. The first-order valence-corrected chi connectivity index (χ1v) is 7.59. The first kappa shape index (κ1) is 17.6. The highest BCUT2D eigenvalue weighted by atomic mass is 16.8. The predicted octanol–water partition coefficient (Wildman–Crippen LogP) is 1.97. The fraction of sp³-hybridized carbons (Fsp3) is 0.529. The van der Waals surface area contributed by atoms with Gasteiger partial charge >= 0.3 is 5.97 Å². The van der Waals surface area contributed by atoms with Gasteiger partial charge < -0.3 is 23.7 Å². The fourth-order valence-corrected chi connectivity index (χ4v) is 2.49. The molecule has 1 heterocycles. The van der Waals surface area contributed by atoms with E-state index in [9.17, 15) is 9.59 Å². The Hall–Kier alpha value is -1.76. The summed E-state index contributed by atoms with van der Waals surface area (Å²) in [7, 11) is 1.52. The van der Waals surface area contributed by atoms with E-state index >= 15 is 0 Å². The lowest BCUT2D eigenvalue weighted by Gasteiger charge is -2.33. The molecule has 0 aromatic heterocycles. The smallest absolute Gasteiger partial charge is 0.338 e. The number of methoxy groups -OCH3 is 1. The van der Waals surface area contributed by atoms with Crippen molar-refractivity contribution in [2.24, 2.45) is 0 Å². The summed E-state index contributed by atoms with van der Waals surface area (Å²) in [5, 5.41) is 0. The zero-order chi connectivity index (χ0) is 16.7. The Morgan fingerprint density at radius 3 is 2.52 bits per heavy atom. The molecule has 0 bridgehead atoms. The van der Waals surface area contributed by atoms with Gasteiger partial charge in [-0.1, -0.05) is 18.2 Å². The van der Waals surface area contributed by atoms with Crippen molar-refractivity contribution in [3.63, 3.8) is 0 Å². The third-order valence-corrected chi connectivity index (χ3v) is 3.87. The van der Waals surface area contributed by atoms with E-state index in [1.807, 2.05) is 6.07 Å². The Kier molecular flexibility index (Phi) is 6.27. The van der Waals surface area contributed by atoms with Gasteiger partial charge in [-0.15, -0.1) is 0 Å². The molecule has 126 valence electrons. The van der Waals surface area contributed by atoms with Gasteiger partial charge in [-0.05, 0) is 19.1 Å². The van der Waals surface area contributed by atoms with Crippen LogP contribution in [-0.4, -0.2) is 50.6 Å². The largest absolute Gasteiger partial charge is 0.453 e. The number of ether oxygens (including phenoxy) is 4. The van der Waals surface area contributed by atoms with Crippen molar-refractivity contribution in [1.82, 2.24) is 0 Å². The van der Waals surface area contributed by atoms with Crippen LogP contribution in [0.15, 0.2) is 30.3 Å². The lowest BCUT2D eigenvalue weighted by Crippen LogP contribution is -2.45. The van der Waals surface area contributed by atoms with Crippen LogP contribution in [0.25, 0.3) is 0 Å². The predicted molar refractivity (Wildman–Crippen MR) is 82.0 cm³/mol. The van der Waals surface area contributed by atoms with E-state index in [4.69, 9.17) is 18.9 Å². The van der Waals surface area contributed by atoms with E-state index in [0.29, 0.717) is 25.2 Å². The van der Waals surface area contributed by atoms with Crippen molar-refractivity contribution in [3.05, 3.63) is 35.9 Å². The average Bonchev–Trinajstić information content (AvgIpc) is 3.02. The molecule has 0 unspecified atom stereocenters. The van der Waals surface area contributed by atoms with E-state index in [1.165, 1.54) is 7.11 Å². The summed E-state index contributed by atoms with van der Waals surface area (Å²) in [6.07, 6.45) is 0.257. The number of hydrogen-bond acceptors (Lipinski definition) is 6. The van der Waals surface area contributed by atoms with Crippen LogP contribution in [0.1, 0.15) is 30.1 Å². The van der Waals surface area contributed by atoms with Crippen LogP contribution in [-0.2, 0) is 23.7 Å². The van der Waals surface area contributed by atoms with E-state index < -0.39 is 17.9 Å². The fourth-order valence-electron chi connectivity index (χ4n) is 2.49. The van der Waals surface area contributed by atoms with E-state index in [2.05, 4.69) is 0 Å². The molecule has 0 spiro atoms. The maximum Gasteiger partial charge on any atom is 0.338 e. The van der Waals surface area contributed by atoms with Crippen molar-refractivity contribution in [1.29, 1.82) is 0 Å². The van der Waals surface area contributed by atoms with E-state index in [-0.39, 0.29) is 12.5 Å². The van der Waals surface area contributed by atoms with Gasteiger partial charge in [-0.2, -0.15) is 0 Å². The van der Waals surface area contributed by atoms with Crippen LogP contribution in [0.4, 0.5) is 0 Å². The summed E-state index contributed by atoms with van der Waals surface area (Å²) in [4.78, 5) is 23.1. The normalized spacial score (nSPS) is 19.0. The van der Waals surface area contributed by atoms with Crippen LogP contribution in [0.3, 0.4) is 0 Å². The molecule has 23 heavy (non-hydrogen) atoms. The molecule has 1 aromatic carbocycles. The molecule has 1 fully saturated rings. The lowest BCUT2D eigenvalue weighted by atomic mass is 10.0.